The van der Waals surface area contributed by atoms with Crippen LogP contribution in [0.2, 0.25) is 10.0 Å². The molecule has 0 fully saturated rings. The average Bonchev–Trinajstić information content (AvgIpc) is 2.88. The number of anilines is 5. The van der Waals surface area contributed by atoms with E-state index >= 15 is 0 Å². The van der Waals surface area contributed by atoms with E-state index in [-0.39, 0.29) is 17.1 Å². The summed E-state index contributed by atoms with van der Waals surface area (Å²) in [5.41, 5.74) is 1.39. The normalized spacial score (nSPS) is 12.1. The van der Waals surface area contributed by atoms with E-state index in [2.05, 4.69) is 32.5 Å². The first-order chi connectivity index (χ1) is 18.9. The van der Waals surface area contributed by atoms with E-state index in [1.54, 1.807) is 44.7 Å². The molecular formula is C27H33Cl2N6O4P. The number of aromatic nitrogens is 2. The number of hydrogen-bond donors (Lipinski definition) is 3. The van der Waals surface area contributed by atoms with Gasteiger partial charge in [0.2, 0.25) is 11.9 Å². The van der Waals surface area contributed by atoms with Crippen LogP contribution >= 0.6 is 30.3 Å². The van der Waals surface area contributed by atoms with E-state index in [4.69, 9.17) is 32.7 Å². The van der Waals surface area contributed by atoms with E-state index in [0.717, 1.165) is 6.08 Å². The predicted octanol–water partition coefficient (Wildman–Crippen LogP) is 5.60. The van der Waals surface area contributed by atoms with Gasteiger partial charge in [0, 0.05) is 25.0 Å². The largest absolute Gasteiger partial charge is 0.484 e. The van der Waals surface area contributed by atoms with Gasteiger partial charge in [-0.05, 0) is 51.7 Å². The number of hydrogen-bond acceptors (Lipinski definition) is 9. The van der Waals surface area contributed by atoms with E-state index in [1.165, 1.54) is 6.20 Å². The molecule has 0 aliphatic heterocycles. The number of para-hydroxylation sites is 1. The van der Waals surface area contributed by atoms with Gasteiger partial charge in [0.25, 0.3) is 0 Å². The Hall–Kier alpha value is -3.14. The number of carbonyl (C=O) groups is 1. The Labute approximate surface area is 244 Å². The number of nitrogens with zero attached hydrogens (tertiary/aromatic N) is 3. The topological polar surface area (TPSA) is 118 Å². The van der Waals surface area contributed by atoms with Crippen LogP contribution in [0.15, 0.2) is 55.3 Å². The maximum atomic E-state index is 12.8. The van der Waals surface area contributed by atoms with Gasteiger partial charge in [0.05, 0.1) is 34.9 Å². The van der Waals surface area contributed by atoms with Gasteiger partial charge in [-0.2, -0.15) is 4.98 Å². The maximum Gasteiger partial charge on any atom is 0.247 e. The second kappa shape index (κ2) is 14.0. The molecule has 1 amide bonds. The number of halogens is 2. The lowest BCUT2D eigenvalue weighted by Crippen LogP contribution is -2.34. The van der Waals surface area contributed by atoms with Crippen LogP contribution in [0.5, 0.6) is 5.75 Å². The first kappa shape index (κ1) is 31.4. The summed E-state index contributed by atoms with van der Waals surface area (Å²) >= 11 is 13.0. The molecule has 10 nitrogen and oxygen atoms in total. The molecule has 0 saturated carbocycles. The van der Waals surface area contributed by atoms with Gasteiger partial charge in [0.1, 0.15) is 24.0 Å². The van der Waals surface area contributed by atoms with Crippen molar-refractivity contribution in [3.8, 4) is 5.75 Å². The van der Waals surface area contributed by atoms with Crippen LogP contribution in [0.3, 0.4) is 0 Å². The van der Waals surface area contributed by atoms with Gasteiger partial charge in [-0.15, -0.1) is 0 Å². The standard InChI is InChI=1S/C27H33Cl2N6O4P/c1-7-25(36)31-22-13-21(18(28)12-23(22)39-17(16-38-4)15-35(2)3)33-27-30-14-19(29)26(34-27)32-20-10-8-9-11-24(20)40(5,6)37/h7-14,17H,1,15-16H2,2-6H3,(H,31,36)(H2,30,32,33,34). The van der Waals surface area contributed by atoms with Crippen LogP contribution in [-0.2, 0) is 14.1 Å². The molecule has 1 atom stereocenters. The Bertz CT molecular complexity index is 1420. The van der Waals surface area contributed by atoms with E-state index < -0.39 is 13.0 Å². The molecule has 2 aromatic carbocycles. The lowest BCUT2D eigenvalue weighted by atomic mass is 10.2. The number of carbonyl (C=O) groups excluding carboxylic acids is 1. The van der Waals surface area contributed by atoms with E-state index in [9.17, 15) is 9.36 Å². The van der Waals surface area contributed by atoms with Gasteiger partial charge in [-0.25, -0.2) is 4.98 Å². The number of nitrogens with one attached hydrogen (secondary N) is 3. The highest BCUT2D eigenvalue weighted by molar-refractivity contribution is 7.70. The number of methoxy groups -OCH3 is 1. The average molecular weight is 607 g/mol. The zero-order valence-corrected chi connectivity index (χ0v) is 25.4. The second-order valence-corrected chi connectivity index (χ2v) is 13.5. The summed E-state index contributed by atoms with van der Waals surface area (Å²) in [5, 5.41) is 10.2. The molecule has 0 bridgehead atoms. The third-order valence-electron chi connectivity index (χ3n) is 5.46. The van der Waals surface area contributed by atoms with Crippen LogP contribution in [0.25, 0.3) is 0 Å². The van der Waals surface area contributed by atoms with Crippen LogP contribution in [-0.4, -0.2) is 74.6 Å². The molecule has 0 saturated heterocycles. The number of ether oxygens (including phenoxy) is 2. The highest BCUT2D eigenvalue weighted by Gasteiger charge is 2.20. The minimum absolute atomic E-state index is 0.182. The molecule has 0 aliphatic rings. The van der Waals surface area contributed by atoms with E-state index in [0.29, 0.717) is 52.1 Å². The summed E-state index contributed by atoms with van der Waals surface area (Å²) in [6, 6.07) is 10.5. The number of likely N-dealkylation sites (N-methyl/N-ethyl adjacent to an activating group) is 1. The van der Waals surface area contributed by atoms with Crippen molar-refractivity contribution in [2.75, 3.05) is 63.6 Å². The Morgan fingerprint density at radius 2 is 1.85 bits per heavy atom. The quantitative estimate of drug-likeness (QED) is 0.169. The molecule has 3 aromatic rings. The van der Waals surface area contributed by atoms with Crippen molar-refractivity contribution >= 4 is 70.4 Å². The summed E-state index contributed by atoms with van der Waals surface area (Å²) < 4.78 is 24.2. The third kappa shape index (κ3) is 8.68. The lowest BCUT2D eigenvalue weighted by molar-refractivity contribution is -0.111. The Morgan fingerprint density at radius 3 is 2.50 bits per heavy atom. The lowest BCUT2D eigenvalue weighted by Gasteiger charge is -2.24. The summed E-state index contributed by atoms with van der Waals surface area (Å²) in [6.45, 7) is 7.80. The minimum atomic E-state index is -2.57. The van der Waals surface area contributed by atoms with Crippen molar-refractivity contribution in [1.29, 1.82) is 0 Å². The fourth-order valence-electron chi connectivity index (χ4n) is 3.74. The molecule has 13 heteroatoms. The van der Waals surface area contributed by atoms with Crippen LogP contribution in [0.4, 0.5) is 28.8 Å². The highest BCUT2D eigenvalue weighted by atomic mass is 35.5. The van der Waals surface area contributed by atoms with Gasteiger partial charge >= 0.3 is 0 Å². The van der Waals surface area contributed by atoms with Crippen molar-refractivity contribution in [3.63, 3.8) is 0 Å². The Balaban J connectivity index is 1.95. The van der Waals surface area contributed by atoms with Crippen molar-refractivity contribution in [2.45, 2.75) is 6.10 Å². The molecular weight excluding hydrogens is 574 g/mol. The molecule has 3 rings (SSSR count). The monoisotopic (exact) mass is 606 g/mol. The molecule has 1 heterocycles. The van der Waals surface area contributed by atoms with Gasteiger partial charge in [0.15, 0.2) is 5.82 Å². The molecule has 1 aromatic heterocycles. The number of rotatable bonds is 13. The molecule has 1 unspecified atom stereocenters. The number of benzene rings is 2. The van der Waals surface area contributed by atoms with Gasteiger partial charge in [-0.3, -0.25) is 4.79 Å². The predicted molar refractivity (Wildman–Crippen MR) is 164 cm³/mol. The smallest absolute Gasteiger partial charge is 0.247 e. The molecule has 0 aliphatic carbocycles. The first-order valence-electron chi connectivity index (χ1n) is 12.2. The van der Waals surface area contributed by atoms with Crippen molar-refractivity contribution in [3.05, 3.63) is 65.3 Å². The molecule has 214 valence electrons. The molecule has 0 radical (unpaired) electrons. The minimum Gasteiger partial charge on any atom is -0.484 e. The number of amides is 1. The van der Waals surface area contributed by atoms with Crippen LogP contribution < -0.4 is 26.0 Å². The molecule has 0 spiro atoms. The van der Waals surface area contributed by atoms with Crippen LogP contribution in [0.1, 0.15) is 0 Å². The summed E-state index contributed by atoms with van der Waals surface area (Å²) in [5.74, 6) is 0.421. The zero-order chi connectivity index (χ0) is 29.4. The summed E-state index contributed by atoms with van der Waals surface area (Å²) in [7, 11) is 2.85. The van der Waals surface area contributed by atoms with Crippen molar-refractivity contribution < 1.29 is 18.8 Å². The summed E-state index contributed by atoms with van der Waals surface area (Å²) in [4.78, 5) is 22.9. The van der Waals surface area contributed by atoms with Crippen LogP contribution in [0, 0.1) is 0 Å². The summed E-state index contributed by atoms with van der Waals surface area (Å²) in [6.07, 6.45) is 2.26. The fraction of sp³-hybridized carbons (Fsp3) is 0.296. The molecule has 3 N–H and O–H groups in total. The van der Waals surface area contributed by atoms with Crippen molar-refractivity contribution in [2.24, 2.45) is 0 Å². The maximum absolute atomic E-state index is 12.8. The fourth-order valence-corrected chi connectivity index (χ4v) is 5.23. The van der Waals surface area contributed by atoms with Gasteiger partial charge < -0.3 is 34.9 Å². The Morgan fingerprint density at radius 1 is 1.12 bits per heavy atom. The SMILES string of the molecule is C=CC(=O)Nc1cc(Nc2ncc(Cl)c(Nc3ccccc3P(C)(C)=O)n2)c(Cl)cc1OC(COC)CN(C)C. The second-order valence-electron chi connectivity index (χ2n) is 9.49. The zero-order valence-electron chi connectivity index (χ0n) is 23.0. The molecule has 40 heavy (non-hydrogen) atoms. The third-order valence-corrected chi connectivity index (χ3v) is 7.59. The first-order valence-corrected chi connectivity index (χ1v) is 15.6. The van der Waals surface area contributed by atoms with E-state index in [1.807, 2.05) is 31.1 Å². The Kier molecular flexibility index (Phi) is 11.0. The highest BCUT2D eigenvalue weighted by Crippen LogP contribution is 2.39. The van der Waals surface area contributed by atoms with Crippen molar-refractivity contribution in [1.82, 2.24) is 14.9 Å². The van der Waals surface area contributed by atoms with Gasteiger partial charge in [-0.1, -0.05) is 41.9 Å².